The van der Waals surface area contributed by atoms with E-state index in [2.05, 4.69) is 51.7 Å². The zero-order chi connectivity index (χ0) is 10.8. The summed E-state index contributed by atoms with van der Waals surface area (Å²) in [5, 5.41) is 10.0. The zero-order valence-electron chi connectivity index (χ0n) is 8.50. The van der Waals surface area contributed by atoms with E-state index in [1.807, 2.05) is 6.07 Å². The van der Waals surface area contributed by atoms with E-state index in [9.17, 15) is 0 Å². The molecule has 3 heteroatoms. The quantitative estimate of drug-likeness (QED) is 0.815. The zero-order valence-corrected chi connectivity index (χ0v) is 10.1. The highest BCUT2D eigenvalue weighted by atomic mass is 79.9. The Morgan fingerprint density at radius 1 is 1.40 bits per heavy atom. The van der Waals surface area contributed by atoms with E-state index in [-0.39, 0.29) is 0 Å². The van der Waals surface area contributed by atoms with Gasteiger partial charge in [0.1, 0.15) is 6.54 Å². The first-order valence-electron chi connectivity index (χ1n) is 4.91. The van der Waals surface area contributed by atoms with Crippen LogP contribution in [-0.2, 0) is 13.0 Å². The van der Waals surface area contributed by atoms with Crippen LogP contribution in [0.25, 0.3) is 10.9 Å². The molecule has 0 aliphatic rings. The van der Waals surface area contributed by atoms with Gasteiger partial charge in [0.2, 0.25) is 0 Å². The summed E-state index contributed by atoms with van der Waals surface area (Å²) in [6, 6.07) is 10.5. The monoisotopic (exact) mass is 262 g/mol. The molecule has 2 aromatic rings. The van der Waals surface area contributed by atoms with Gasteiger partial charge in [-0.1, -0.05) is 28.9 Å². The first kappa shape index (κ1) is 10.3. The molecule has 2 rings (SSSR count). The largest absolute Gasteiger partial charge is 0.331 e. The van der Waals surface area contributed by atoms with Crippen LogP contribution in [0.4, 0.5) is 0 Å². The summed E-state index contributed by atoms with van der Waals surface area (Å²) in [4.78, 5) is 0. The Morgan fingerprint density at radius 3 is 2.87 bits per heavy atom. The molecular formula is C12H11BrN2. The van der Waals surface area contributed by atoms with Crippen molar-refractivity contribution in [3.05, 3.63) is 34.4 Å². The fourth-order valence-electron chi connectivity index (χ4n) is 1.84. The van der Waals surface area contributed by atoms with E-state index >= 15 is 0 Å². The summed E-state index contributed by atoms with van der Waals surface area (Å²) in [6.07, 6.45) is 0.952. The lowest BCUT2D eigenvalue weighted by Crippen LogP contribution is -1.99. The summed E-state index contributed by atoms with van der Waals surface area (Å²) in [7, 11) is 0. The molecule has 0 bridgehead atoms. The van der Waals surface area contributed by atoms with Crippen molar-refractivity contribution in [1.82, 2.24) is 4.57 Å². The van der Waals surface area contributed by atoms with E-state index in [1.165, 1.54) is 11.1 Å². The number of nitriles is 1. The molecular weight excluding hydrogens is 252 g/mol. The molecule has 0 amide bonds. The van der Waals surface area contributed by atoms with Gasteiger partial charge in [-0.25, -0.2) is 0 Å². The molecule has 0 N–H and O–H groups in total. The summed E-state index contributed by atoms with van der Waals surface area (Å²) in [5.74, 6) is 0. The fraction of sp³-hybridized carbons (Fsp3) is 0.250. The molecule has 76 valence electrons. The number of benzene rings is 1. The third-order valence-electron chi connectivity index (χ3n) is 2.54. The van der Waals surface area contributed by atoms with E-state index in [0.29, 0.717) is 6.54 Å². The van der Waals surface area contributed by atoms with E-state index in [1.54, 1.807) is 0 Å². The van der Waals surface area contributed by atoms with Gasteiger partial charge in [-0.05, 0) is 30.0 Å². The Hall–Kier alpha value is -1.27. The van der Waals surface area contributed by atoms with Crippen molar-refractivity contribution in [3.8, 4) is 6.07 Å². The van der Waals surface area contributed by atoms with Gasteiger partial charge in [0, 0.05) is 10.2 Å². The van der Waals surface area contributed by atoms with Crippen molar-refractivity contribution in [2.24, 2.45) is 0 Å². The lowest BCUT2D eigenvalue weighted by Gasteiger charge is -2.03. The normalized spacial score (nSPS) is 10.5. The molecule has 0 radical (unpaired) electrons. The first-order chi connectivity index (χ1) is 7.26. The van der Waals surface area contributed by atoms with Crippen molar-refractivity contribution in [2.75, 3.05) is 0 Å². The Labute approximate surface area is 97.3 Å². The fourth-order valence-corrected chi connectivity index (χ4v) is 2.18. The highest BCUT2D eigenvalue weighted by Crippen LogP contribution is 2.24. The van der Waals surface area contributed by atoms with Crippen molar-refractivity contribution in [3.63, 3.8) is 0 Å². The minimum absolute atomic E-state index is 0.420. The number of aryl methyl sites for hydroxylation is 1. The molecule has 0 atom stereocenters. The predicted octanol–water partition coefficient (Wildman–Crippen LogP) is 3.49. The molecule has 0 unspecified atom stereocenters. The molecule has 1 aromatic carbocycles. The lowest BCUT2D eigenvalue weighted by molar-refractivity contribution is 0.803. The maximum absolute atomic E-state index is 8.80. The number of fused-ring (bicyclic) bond motifs is 1. The van der Waals surface area contributed by atoms with Gasteiger partial charge in [-0.15, -0.1) is 0 Å². The molecule has 0 saturated heterocycles. The Bertz CT molecular complexity index is 534. The van der Waals surface area contributed by atoms with Gasteiger partial charge in [0.15, 0.2) is 0 Å². The average molecular weight is 263 g/mol. The number of halogens is 1. The second-order valence-corrected chi connectivity index (χ2v) is 4.35. The molecule has 15 heavy (non-hydrogen) atoms. The van der Waals surface area contributed by atoms with Crippen LogP contribution in [0.2, 0.25) is 0 Å². The van der Waals surface area contributed by atoms with Gasteiger partial charge >= 0.3 is 0 Å². The molecule has 1 aromatic heterocycles. The van der Waals surface area contributed by atoms with Gasteiger partial charge in [-0.2, -0.15) is 5.26 Å². The minimum Gasteiger partial charge on any atom is -0.331 e. The van der Waals surface area contributed by atoms with Crippen molar-refractivity contribution < 1.29 is 0 Å². The molecule has 0 saturated carbocycles. The van der Waals surface area contributed by atoms with Crippen LogP contribution in [0.3, 0.4) is 0 Å². The molecule has 0 aliphatic carbocycles. The van der Waals surface area contributed by atoms with Crippen LogP contribution < -0.4 is 0 Å². The van der Waals surface area contributed by atoms with Crippen LogP contribution >= 0.6 is 15.9 Å². The van der Waals surface area contributed by atoms with Gasteiger partial charge < -0.3 is 4.57 Å². The third kappa shape index (κ3) is 1.78. The summed E-state index contributed by atoms with van der Waals surface area (Å²) in [5.41, 5.74) is 2.34. The van der Waals surface area contributed by atoms with E-state index in [0.717, 1.165) is 16.4 Å². The topological polar surface area (TPSA) is 28.7 Å². The maximum Gasteiger partial charge on any atom is 0.110 e. The predicted molar refractivity (Wildman–Crippen MR) is 64.6 cm³/mol. The molecule has 1 heterocycles. The molecule has 0 aliphatic heterocycles. The lowest BCUT2D eigenvalue weighted by atomic mass is 10.2. The van der Waals surface area contributed by atoms with Gasteiger partial charge in [0.25, 0.3) is 0 Å². The standard InChI is InChI=1S/C12H11BrN2/c1-2-11-7-9-3-4-10(13)8-12(9)15(11)6-5-14/h3-4,7-8H,2,6H2,1H3. The summed E-state index contributed by atoms with van der Waals surface area (Å²) in [6.45, 7) is 2.53. The number of nitrogens with zero attached hydrogens (tertiary/aromatic N) is 2. The van der Waals surface area contributed by atoms with Crippen molar-refractivity contribution in [1.29, 1.82) is 5.26 Å². The Balaban J connectivity index is 2.71. The van der Waals surface area contributed by atoms with Crippen molar-refractivity contribution in [2.45, 2.75) is 19.9 Å². The molecule has 2 nitrogen and oxygen atoms in total. The van der Waals surface area contributed by atoms with E-state index in [4.69, 9.17) is 5.26 Å². The molecule has 0 spiro atoms. The van der Waals surface area contributed by atoms with E-state index < -0.39 is 0 Å². The summed E-state index contributed by atoms with van der Waals surface area (Å²) >= 11 is 3.45. The minimum atomic E-state index is 0.420. The van der Waals surface area contributed by atoms with Crippen LogP contribution in [-0.4, -0.2) is 4.57 Å². The van der Waals surface area contributed by atoms with Crippen LogP contribution in [0.15, 0.2) is 28.7 Å². The smallest absolute Gasteiger partial charge is 0.110 e. The highest BCUT2D eigenvalue weighted by molar-refractivity contribution is 9.10. The SMILES string of the molecule is CCc1cc2ccc(Br)cc2n1CC#N. The third-order valence-corrected chi connectivity index (χ3v) is 3.04. The maximum atomic E-state index is 8.80. The number of rotatable bonds is 2. The van der Waals surface area contributed by atoms with Crippen LogP contribution in [0.1, 0.15) is 12.6 Å². The van der Waals surface area contributed by atoms with Gasteiger partial charge in [0.05, 0.1) is 11.6 Å². The Morgan fingerprint density at radius 2 is 2.20 bits per heavy atom. The first-order valence-corrected chi connectivity index (χ1v) is 5.70. The summed E-state index contributed by atoms with van der Waals surface area (Å²) < 4.78 is 3.12. The van der Waals surface area contributed by atoms with Crippen LogP contribution in [0, 0.1) is 11.3 Å². The second-order valence-electron chi connectivity index (χ2n) is 3.44. The second kappa shape index (κ2) is 4.08. The van der Waals surface area contributed by atoms with Crippen molar-refractivity contribution >= 4 is 26.8 Å². The average Bonchev–Trinajstić information content (AvgIpc) is 2.57. The molecule has 0 fully saturated rings. The highest BCUT2D eigenvalue weighted by Gasteiger charge is 2.06. The van der Waals surface area contributed by atoms with Gasteiger partial charge in [-0.3, -0.25) is 0 Å². The van der Waals surface area contributed by atoms with Crippen LogP contribution in [0.5, 0.6) is 0 Å². The number of aromatic nitrogens is 1. The number of hydrogen-bond acceptors (Lipinski definition) is 1. The Kier molecular flexibility index (Phi) is 2.79. The number of hydrogen-bond donors (Lipinski definition) is 0.